The number of rotatable bonds is 5. The minimum atomic E-state index is 0.293. The van der Waals surface area contributed by atoms with E-state index in [-0.39, 0.29) is 0 Å². The second-order valence-corrected chi connectivity index (χ2v) is 6.69. The van der Waals surface area contributed by atoms with Crippen LogP contribution in [-0.2, 0) is 11.3 Å². The Morgan fingerprint density at radius 2 is 2.35 bits per heavy atom. The molecule has 0 spiro atoms. The molecule has 4 nitrogen and oxygen atoms in total. The van der Waals surface area contributed by atoms with Gasteiger partial charge in [0.15, 0.2) is 5.13 Å². The summed E-state index contributed by atoms with van der Waals surface area (Å²) < 4.78 is 5.73. The molecule has 1 aliphatic heterocycles. The van der Waals surface area contributed by atoms with E-state index < -0.39 is 0 Å². The van der Waals surface area contributed by atoms with Gasteiger partial charge < -0.3 is 15.0 Å². The zero-order valence-electron chi connectivity index (χ0n) is 13.1. The molecule has 1 aliphatic rings. The molecule has 1 aromatic rings. The van der Waals surface area contributed by atoms with Gasteiger partial charge in [-0.15, -0.1) is 11.3 Å². The smallest absolute Gasteiger partial charge is 0.185 e. The molecule has 0 aromatic carbocycles. The number of aromatic nitrogens is 1. The number of thiazole rings is 1. The number of ether oxygens (including phenoxy) is 1. The Labute approximate surface area is 126 Å². The van der Waals surface area contributed by atoms with Crippen LogP contribution in [0.5, 0.6) is 0 Å². The molecule has 2 heterocycles. The van der Waals surface area contributed by atoms with Crippen LogP contribution in [0, 0.1) is 0 Å². The first-order chi connectivity index (χ1) is 9.65. The van der Waals surface area contributed by atoms with Crippen molar-refractivity contribution in [2.45, 2.75) is 52.2 Å². The summed E-state index contributed by atoms with van der Waals surface area (Å²) in [6.45, 7) is 10.4. The summed E-state index contributed by atoms with van der Waals surface area (Å²) in [6, 6.07) is 0. The van der Waals surface area contributed by atoms with Crippen molar-refractivity contribution in [3.63, 3.8) is 0 Å². The number of nitrogens with one attached hydrogen (secondary N) is 1. The molecule has 1 aromatic heterocycles. The number of anilines is 1. The zero-order valence-corrected chi connectivity index (χ0v) is 13.9. The van der Waals surface area contributed by atoms with E-state index in [1.54, 1.807) is 0 Å². The number of hydrogen-bond donors (Lipinski definition) is 1. The van der Waals surface area contributed by atoms with Crippen LogP contribution in [0.25, 0.3) is 0 Å². The van der Waals surface area contributed by atoms with E-state index in [4.69, 9.17) is 9.72 Å². The zero-order chi connectivity index (χ0) is 14.5. The highest BCUT2D eigenvalue weighted by Crippen LogP contribution is 2.32. The van der Waals surface area contributed by atoms with Crippen molar-refractivity contribution >= 4 is 16.5 Å². The minimum absolute atomic E-state index is 0.293. The summed E-state index contributed by atoms with van der Waals surface area (Å²) >= 11 is 1.84. The van der Waals surface area contributed by atoms with Gasteiger partial charge in [0.2, 0.25) is 0 Å². The van der Waals surface area contributed by atoms with Gasteiger partial charge in [0.1, 0.15) is 0 Å². The monoisotopic (exact) mass is 297 g/mol. The van der Waals surface area contributed by atoms with E-state index in [0.717, 1.165) is 39.1 Å². The fourth-order valence-corrected chi connectivity index (χ4v) is 3.75. The Hall–Kier alpha value is -0.650. The van der Waals surface area contributed by atoms with Gasteiger partial charge in [-0.2, -0.15) is 0 Å². The molecule has 2 rings (SSSR count). The molecule has 0 amide bonds. The van der Waals surface area contributed by atoms with Crippen molar-refractivity contribution in [3.05, 3.63) is 10.6 Å². The van der Waals surface area contributed by atoms with Crippen LogP contribution in [-0.4, -0.2) is 37.8 Å². The van der Waals surface area contributed by atoms with Crippen LogP contribution in [0.4, 0.5) is 5.13 Å². The third-order valence-corrected chi connectivity index (χ3v) is 4.99. The minimum Gasteiger partial charge on any atom is -0.377 e. The lowest BCUT2D eigenvalue weighted by Gasteiger charge is -2.21. The Balaban J connectivity index is 2.22. The van der Waals surface area contributed by atoms with E-state index in [2.05, 4.69) is 31.0 Å². The van der Waals surface area contributed by atoms with Crippen LogP contribution >= 0.6 is 11.3 Å². The first kappa shape index (κ1) is 15.7. The molecule has 114 valence electrons. The largest absolute Gasteiger partial charge is 0.377 e. The summed E-state index contributed by atoms with van der Waals surface area (Å²) in [6.07, 6.45) is 2.52. The molecule has 2 atom stereocenters. The first-order valence-corrected chi connectivity index (χ1v) is 8.48. The van der Waals surface area contributed by atoms with Crippen LogP contribution < -0.4 is 10.2 Å². The van der Waals surface area contributed by atoms with Crippen molar-refractivity contribution in [1.82, 2.24) is 10.3 Å². The van der Waals surface area contributed by atoms with Crippen molar-refractivity contribution in [1.29, 1.82) is 0 Å². The van der Waals surface area contributed by atoms with Crippen LogP contribution in [0.2, 0.25) is 0 Å². The normalized spacial score (nSPS) is 21.8. The standard InChI is InChI=1S/C15H27N3OS/c1-5-11(2)14-13(9-16-4)20-15(17-14)18-7-6-8-19-12(3)10-18/h11-12,16H,5-10H2,1-4H3. The molecule has 0 saturated carbocycles. The van der Waals surface area contributed by atoms with Crippen molar-refractivity contribution in [3.8, 4) is 0 Å². The third kappa shape index (κ3) is 3.71. The van der Waals surface area contributed by atoms with Gasteiger partial charge in [0, 0.05) is 31.1 Å². The molecule has 0 aliphatic carbocycles. The summed E-state index contributed by atoms with van der Waals surface area (Å²) in [5.41, 5.74) is 1.28. The maximum absolute atomic E-state index is 5.73. The highest BCUT2D eigenvalue weighted by Gasteiger charge is 2.22. The maximum Gasteiger partial charge on any atom is 0.185 e. The lowest BCUT2D eigenvalue weighted by Crippen LogP contribution is -2.30. The van der Waals surface area contributed by atoms with Crippen LogP contribution in [0.1, 0.15) is 50.1 Å². The van der Waals surface area contributed by atoms with Gasteiger partial charge in [-0.1, -0.05) is 13.8 Å². The fraction of sp³-hybridized carbons (Fsp3) is 0.800. The lowest BCUT2D eigenvalue weighted by molar-refractivity contribution is 0.0821. The third-order valence-electron chi connectivity index (χ3n) is 3.86. The van der Waals surface area contributed by atoms with Gasteiger partial charge in [-0.05, 0) is 32.7 Å². The van der Waals surface area contributed by atoms with Crippen molar-refractivity contribution < 1.29 is 4.74 Å². The quantitative estimate of drug-likeness (QED) is 0.906. The number of nitrogens with zero attached hydrogens (tertiary/aromatic N) is 2. The molecular formula is C15H27N3OS. The Kier molecular flexibility index (Phi) is 5.81. The second kappa shape index (κ2) is 7.38. The van der Waals surface area contributed by atoms with E-state index >= 15 is 0 Å². The van der Waals surface area contributed by atoms with Crippen LogP contribution in [0.3, 0.4) is 0 Å². The maximum atomic E-state index is 5.73. The predicted molar refractivity (Wildman–Crippen MR) is 85.8 cm³/mol. The molecule has 5 heteroatoms. The lowest BCUT2D eigenvalue weighted by atomic mass is 10.0. The van der Waals surface area contributed by atoms with Gasteiger partial charge in [0.05, 0.1) is 11.8 Å². The highest BCUT2D eigenvalue weighted by atomic mass is 32.1. The molecule has 1 fully saturated rings. The molecule has 20 heavy (non-hydrogen) atoms. The molecule has 1 saturated heterocycles. The Morgan fingerprint density at radius 1 is 1.55 bits per heavy atom. The summed E-state index contributed by atoms with van der Waals surface area (Å²) in [4.78, 5) is 8.73. The summed E-state index contributed by atoms with van der Waals surface area (Å²) in [5.74, 6) is 0.531. The van der Waals surface area contributed by atoms with E-state index in [0.29, 0.717) is 12.0 Å². The first-order valence-electron chi connectivity index (χ1n) is 7.66. The molecule has 1 N–H and O–H groups in total. The molecule has 2 unspecified atom stereocenters. The topological polar surface area (TPSA) is 37.4 Å². The van der Waals surface area contributed by atoms with Gasteiger partial charge >= 0.3 is 0 Å². The number of hydrogen-bond acceptors (Lipinski definition) is 5. The Bertz CT molecular complexity index is 421. The summed E-state index contributed by atoms with van der Waals surface area (Å²) in [5, 5.41) is 4.44. The Morgan fingerprint density at radius 3 is 3.05 bits per heavy atom. The average Bonchev–Trinajstić information content (AvgIpc) is 2.73. The predicted octanol–water partition coefficient (Wildman–Crippen LogP) is 2.99. The van der Waals surface area contributed by atoms with Crippen molar-refractivity contribution in [2.24, 2.45) is 0 Å². The fourth-order valence-electron chi connectivity index (χ4n) is 2.52. The molecular weight excluding hydrogens is 270 g/mol. The molecule has 0 bridgehead atoms. The van der Waals surface area contributed by atoms with Gasteiger partial charge in [0.25, 0.3) is 0 Å². The second-order valence-electron chi connectivity index (χ2n) is 5.63. The average molecular weight is 297 g/mol. The van der Waals surface area contributed by atoms with E-state index in [1.807, 2.05) is 18.4 Å². The van der Waals surface area contributed by atoms with Crippen molar-refractivity contribution in [2.75, 3.05) is 31.6 Å². The SMILES string of the molecule is CCC(C)c1nc(N2CCCOC(C)C2)sc1CNC. The van der Waals surface area contributed by atoms with Crippen LogP contribution in [0.15, 0.2) is 0 Å². The van der Waals surface area contributed by atoms with Gasteiger partial charge in [-0.25, -0.2) is 4.98 Å². The highest BCUT2D eigenvalue weighted by molar-refractivity contribution is 7.15. The van der Waals surface area contributed by atoms with Gasteiger partial charge in [-0.3, -0.25) is 0 Å². The van der Waals surface area contributed by atoms with E-state index in [9.17, 15) is 0 Å². The molecule has 0 radical (unpaired) electrons. The summed E-state index contributed by atoms with van der Waals surface area (Å²) in [7, 11) is 2.00. The van der Waals surface area contributed by atoms with E-state index in [1.165, 1.54) is 15.7 Å².